The van der Waals surface area contributed by atoms with Crippen LogP contribution in [0.2, 0.25) is 0 Å². The Balaban J connectivity index is 0.00000364. The van der Waals surface area contributed by atoms with Gasteiger partial charge in [-0.3, -0.25) is 9.89 Å². The van der Waals surface area contributed by atoms with Gasteiger partial charge >= 0.3 is 0 Å². The molecule has 2 rings (SSSR count). The van der Waals surface area contributed by atoms with Crippen molar-refractivity contribution in [3.63, 3.8) is 0 Å². The van der Waals surface area contributed by atoms with Gasteiger partial charge in [-0.1, -0.05) is 18.2 Å². The summed E-state index contributed by atoms with van der Waals surface area (Å²) in [6, 6.07) is 8.51. The third-order valence-corrected chi connectivity index (χ3v) is 4.51. The summed E-state index contributed by atoms with van der Waals surface area (Å²) in [4.78, 5) is 7.17. The fourth-order valence-corrected chi connectivity index (χ4v) is 2.89. The molecule has 1 aliphatic rings. The monoisotopic (exact) mass is 490 g/mol. The van der Waals surface area contributed by atoms with Crippen LogP contribution in [0.5, 0.6) is 5.75 Å². The first-order chi connectivity index (χ1) is 12.6. The number of aliphatic imine (C=N–C) groups is 1. The van der Waals surface area contributed by atoms with Crippen LogP contribution in [0.15, 0.2) is 29.3 Å². The largest absolute Gasteiger partial charge is 0.489 e. The SMILES string of the molecule is CCNC(=NCC(C)N1CCOCC1)NCC(C)Oc1ccccc1C.I. The molecule has 0 spiro atoms. The molecule has 2 N–H and O–H groups in total. The Morgan fingerprint density at radius 3 is 2.59 bits per heavy atom. The second-order valence-electron chi connectivity index (χ2n) is 6.79. The number of ether oxygens (including phenoxy) is 2. The van der Waals surface area contributed by atoms with E-state index in [0.717, 1.165) is 56.7 Å². The lowest BCUT2D eigenvalue weighted by Gasteiger charge is -2.31. The molecule has 27 heavy (non-hydrogen) atoms. The molecule has 1 aliphatic heterocycles. The molecule has 0 amide bonds. The summed E-state index contributed by atoms with van der Waals surface area (Å²) in [5.74, 6) is 1.78. The zero-order valence-electron chi connectivity index (χ0n) is 17.0. The van der Waals surface area contributed by atoms with E-state index in [1.54, 1.807) is 0 Å². The van der Waals surface area contributed by atoms with E-state index < -0.39 is 0 Å². The summed E-state index contributed by atoms with van der Waals surface area (Å²) in [7, 11) is 0. The number of rotatable bonds is 8. The van der Waals surface area contributed by atoms with Gasteiger partial charge in [0.2, 0.25) is 0 Å². The minimum Gasteiger partial charge on any atom is -0.489 e. The summed E-state index contributed by atoms with van der Waals surface area (Å²) in [6.07, 6.45) is 0.0524. The van der Waals surface area contributed by atoms with Gasteiger partial charge in [0, 0.05) is 25.7 Å². The van der Waals surface area contributed by atoms with Crippen LogP contribution >= 0.6 is 24.0 Å². The summed E-state index contributed by atoms with van der Waals surface area (Å²) in [6.45, 7) is 14.4. The molecule has 2 unspecified atom stereocenters. The number of nitrogens with zero attached hydrogens (tertiary/aromatic N) is 2. The number of hydrogen-bond acceptors (Lipinski definition) is 4. The highest BCUT2D eigenvalue weighted by atomic mass is 127. The number of para-hydroxylation sites is 1. The number of morpholine rings is 1. The highest BCUT2D eigenvalue weighted by Gasteiger charge is 2.16. The van der Waals surface area contributed by atoms with Gasteiger partial charge in [0.25, 0.3) is 0 Å². The second-order valence-corrected chi connectivity index (χ2v) is 6.79. The summed E-state index contributed by atoms with van der Waals surface area (Å²) in [5, 5.41) is 6.70. The maximum atomic E-state index is 6.03. The number of aryl methyl sites for hydroxylation is 1. The molecule has 1 heterocycles. The number of halogens is 1. The van der Waals surface area contributed by atoms with E-state index in [1.807, 2.05) is 18.2 Å². The highest BCUT2D eigenvalue weighted by molar-refractivity contribution is 14.0. The Morgan fingerprint density at radius 1 is 1.22 bits per heavy atom. The Labute approximate surface area is 181 Å². The average molecular weight is 490 g/mol. The molecule has 1 aromatic rings. The Bertz CT molecular complexity index is 565. The van der Waals surface area contributed by atoms with Crippen molar-refractivity contribution in [3.8, 4) is 5.75 Å². The summed E-state index contributed by atoms with van der Waals surface area (Å²) < 4.78 is 11.4. The molecule has 0 bridgehead atoms. The van der Waals surface area contributed by atoms with Gasteiger partial charge < -0.3 is 20.1 Å². The summed E-state index contributed by atoms with van der Waals surface area (Å²) >= 11 is 0. The van der Waals surface area contributed by atoms with Crippen molar-refractivity contribution >= 4 is 29.9 Å². The lowest BCUT2D eigenvalue weighted by Crippen LogP contribution is -2.45. The molecule has 1 saturated heterocycles. The molecular formula is C20H35IN4O2. The first-order valence-electron chi connectivity index (χ1n) is 9.66. The van der Waals surface area contributed by atoms with Gasteiger partial charge in [-0.15, -0.1) is 24.0 Å². The molecule has 0 saturated carbocycles. The fraction of sp³-hybridized carbons (Fsp3) is 0.650. The lowest BCUT2D eigenvalue weighted by atomic mass is 10.2. The third-order valence-electron chi connectivity index (χ3n) is 4.51. The molecular weight excluding hydrogens is 455 g/mol. The van der Waals surface area contributed by atoms with Crippen molar-refractivity contribution < 1.29 is 9.47 Å². The maximum absolute atomic E-state index is 6.03. The molecule has 0 radical (unpaired) electrons. The van der Waals surface area contributed by atoms with Crippen LogP contribution in [0.25, 0.3) is 0 Å². The van der Waals surface area contributed by atoms with Crippen molar-refractivity contribution in [2.45, 2.75) is 39.8 Å². The van der Waals surface area contributed by atoms with Gasteiger partial charge in [-0.25, -0.2) is 0 Å². The number of guanidine groups is 1. The standard InChI is InChI=1S/C20H34N4O2.HI/c1-5-21-20(22-14-17(3)24-10-12-25-13-11-24)23-15-18(4)26-19-9-7-6-8-16(19)2;/h6-9,17-18H,5,10-15H2,1-4H3,(H2,21,22,23);1H. The number of benzene rings is 1. The van der Waals surface area contributed by atoms with E-state index in [-0.39, 0.29) is 30.1 Å². The number of hydrogen-bond donors (Lipinski definition) is 2. The molecule has 154 valence electrons. The quantitative estimate of drug-likeness (QED) is 0.334. The molecule has 6 nitrogen and oxygen atoms in total. The van der Waals surface area contributed by atoms with Crippen molar-refractivity contribution in [2.75, 3.05) is 45.9 Å². The first-order valence-corrected chi connectivity index (χ1v) is 9.66. The van der Waals surface area contributed by atoms with Crippen LogP contribution in [0.4, 0.5) is 0 Å². The molecule has 2 atom stereocenters. The van der Waals surface area contributed by atoms with Gasteiger partial charge in [-0.2, -0.15) is 0 Å². The maximum Gasteiger partial charge on any atom is 0.191 e. The van der Waals surface area contributed by atoms with E-state index in [9.17, 15) is 0 Å². The van der Waals surface area contributed by atoms with Gasteiger partial charge in [0.1, 0.15) is 11.9 Å². The Morgan fingerprint density at radius 2 is 1.93 bits per heavy atom. The molecule has 1 aromatic carbocycles. The van der Waals surface area contributed by atoms with E-state index in [4.69, 9.17) is 14.5 Å². The van der Waals surface area contributed by atoms with Crippen LogP contribution in [0.3, 0.4) is 0 Å². The van der Waals surface area contributed by atoms with Crippen molar-refractivity contribution in [2.24, 2.45) is 4.99 Å². The lowest BCUT2D eigenvalue weighted by molar-refractivity contribution is 0.0220. The Hall–Kier alpha value is -1.06. The second kappa shape index (κ2) is 13.2. The molecule has 1 fully saturated rings. The van der Waals surface area contributed by atoms with Crippen LogP contribution in [-0.2, 0) is 4.74 Å². The minimum absolute atomic E-state index is 0. The third kappa shape index (κ3) is 8.66. The molecule has 7 heteroatoms. The predicted molar refractivity (Wildman–Crippen MR) is 123 cm³/mol. The Kier molecular flexibility index (Phi) is 11.7. The molecule has 0 aromatic heterocycles. The van der Waals surface area contributed by atoms with Gasteiger partial charge in [-0.05, 0) is 39.3 Å². The van der Waals surface area contributed by atoms with Crippen LogP contribution in [-0.4, -0.2) is 68.9 Å². The van der Waals surface area contributed by atoms with E-state index in [1.165, 1.54) is 0 Å². The van der Waals surface area contributed by atoms with E-state index in [2.05, 4.69) is 49.3 Å². The average Bonchev–Trinajstić information content (AvgIpc) is 2.66. The zero-order chi connectivity index (χ0) is 18.8. The summed E-state index contributed by atoms with van der Waals surface area (Å²) in [5.41, 5.74) is 1.15. The molecule has 0 aliphatic carbocycles. The smallest absolute Gasteiger partial charge is 0.191 e. The predicted octanol–water partition coefficient (Wildman–Crippen LogP) is 2.66. The van der Waals surface area contributed by atoms with Crippen LogP contribution in [0, 0.1) is 6.92 Å². The minimum atomic E-state index is 0. The zero-order valence-corrected chi connectivity index (χ0v) is 19.4. The normalized spacial score (nSPS) is 17.6. The van der Waals surface area contributed by atoms with E-state index >= 15 is 0 Å². The van der Waals surface area contributed by atoms with Crippen molar-refractivity contribution in [1.82, 2.24) is 15.5 Å². The number of nitrogens with one attached hydrogen (secondary N) is 2. The topological polar surface area (TPSA) is 58.1 Å². The fourth-order valence-electron chi connectivity index (χ4n) is 2.89. The van der Waals surface area contributed by atoms with Crippen LogP contribution < -0.4 is 15.4 Å². The van der Waals surface area contributed by atoms with E-state index in [0.29, 0.717) is 12.6 Å². The van der Waals surface area contributed by atoms with Gasteiger partial charge in [0.15, 0.2) is 5.96 Å². The van der Waals surface area contributed by atoms with Crippen molar-refractivity contribution in [3.05, 3.63) is 29.8 Å². The van der Waals surface area contributed by atoms with Crippen molar-refractivity contribution in [1.29, 1.82) is 0 Å². The first kappa shape index (κ1) is 24.0. The van der Waals surface area contributed by atoms with Gasteiger partial charge in [0.05, 0.1) is 26.3 Å². The van der Waals surface area contributed by atoms with Crippen LogP contribution in [0.1, 0.15) is 26.3 Å². The highest BCUT2D eigenvalue weighted by Crippen LogP contribution is 2.17.